The second kappa shape index (κ2) is 5.01. The fourth-order valence-electron chi connectivity index (χ4n) is 1.42. The Bertz CT molecular complexity index is 382. The first-order valence-corrected chi connectivity index (χ1v) is 5.57. The van der Waals surface area contributed by atoms with Crippen molar-refractivity contribution in [1.29, 1.82) is 0 Å². The van der Waals surface area contributed by atoms with Gasteiger partial charge in [-0.15, -0.1) is 0 Å². The number of halogens is 2. The summed E-state index contributed by atoms with van der Waals surface area (Å²) in [6, 6.07) is 3.30. The molecular formula is C11H15BrFNO2. The van der Waals surface area contributed by atoms with Gasteiger partial charge in [-0.25, -0.2) is 4.39 Å². The van der Waals surface area contributed by atoms with Gasteiger partial charge in [0.1, 0.15) is 21.6 Å². The highest BCUT2D eigenvalue weighted by Gasteiger charge is 2.29. The molecule has 1 unspecified atom stereocenters. The van der Waals surface area contributed by atoms with Crippen LogP contribution in [-0.4, -0.2) is 20.8 Å². The largest absolute Gasteiger partial charge is 0.495 e. The number of alkyl halides is 1. The maximum absolute atomic E-state index is 14.1. The molecule has 0 fully saturated rings. The van der Waals surface area contributed by atoms with Crippen molar-refractivity contribution in [3.05, 3.63) is 22.2 Å². The Morgan fingerprint density at radius 1 is 1.38 bits per heavy atom. The van der Waals surface area contributed by atoms with E-state index in [1.807, 2.05) is 0 Å². The predicted octanol–water partition coefficient (Wildman–Crippen LogP) is 2.61. The van der Waals surface area contributed by atoms with Crippen LogP contribution in [0.5, 0.6) is 11.5 Å². The molecule has 1 aromatic carbocycles. The maximum Gasteiger partial charge on any atom is 0.148 e. The Labute approximate surface area is 103 Å². The fourth-order valence-corrected chi connectivity index (χ4v) is 2.09. The lowest BCUT2D eigenvalue weighted by Gasteiger charge is -2.22. The third kappa shape index (κ3) is 2.30. The maximum atomic E-state index is 14.1. The minimum Gasteiger partial charge on any atom is -0.495 e. The van der Waals surface area contributed by atoms with Gasteiger partial charge in [-0.1, -0.05) is 0 Å². The summed E-state index contributed by atoms with van der Waals surface area (Å²) in [5.41, 5.74) is 4.19. The highest BCUT2D eigenvalue weighted by atomic mass is 79.9. The van der Waals surface area contributed by atoms with Crippen LogP contribution in [0.25, 0.3) is 0 Å². The average Bonchev–Trinajstić information content (AvgIpc) is 2.28. The minimum atomic E-state index is -1.62. The quantitative estimate of drug-likeness (QED) is 0.927. The standard InChI is InChI=1S/C11H15BrFNO2/c1-11(13,6-14)7-4-5-8(15-2)9(12)10(7)16-3/h4-5H,6,14H2,1-3H3. The van der Waals surface area contributed by atoms with Crippen LogP contribution in [0.2, 0.25) is 0 Å². The first kappa shape index (κ1) is 13.3. The Morgan fingerprint density at radius 3 is 2.44 bits per heavy atom. The summed E-state index contributed by atoms with van der Waals surface area (Å²) < 4.78 is 25.0. The molecule has 3 nitrogen and oxygen atoms in total. The van der Waals surface area contributed by atoms with E-state index in [0.717, 1.165) is 0 Å². The van der Waals surface area contributed by atoms with Crippen molar-refractivity contribution >= 4 is 15.9 Å². The van der Waals surface area contributed by atoms with E-state index in [4.69, 9.17) is 15.2 Å². The van der Waals surface area contributed by atoms with Crippen LogP contribution in [-0.2, 0) is 5.67 Å². The van der Waals surface area contributed by atoms with Gasteiger partial charge in [0.2, 0.25) is 0 Å². The lowest BCUT2D eigenvalue weighted by Crippen LogP contribution is -2.27. The summed E-state index contributed by atoms with van der Waals surface area (Å²) >= 11 is 3.32. The molecule has 2 N–H and O–H groups in total. The normalized spacial score (nSPS) is 14.4. The van der Waals surface area contributed by atoms with E-state index in [1.54, 1.807) is 12.1 Å². The highest BCUT2D eigenvalue weighted by Crippen LogP contribution is 2.42. The Hall–Kier alpha value is -0.810. The van der Waals surface area contributed by atoms with E-state index in [1.165, 1.54) is 21.1 Å². The molecule has 0 amide bonds. The first-order valence-electron chi connectivity index (χ1n) is 4.78. The molecule has 0 saturated heterocycles. The third-order valence-corrected chi connectivity index (χ3v) is 3.18. The molecule has 0 heterocycles. The zero-order valence-electron chi connectivity index (χ0n) is 9.51. The van der Waals surface area contributed by atoms with Crippen LogP contribution in [0.1, 0.15) is 12.5 Å². The van der Waals surface area contributed by atoms with Gasteiger partial charge >= 0.3 is 0 Å². The van der Waals surface area contributed by atoms with Crippen molar-refractivity contribution in [2.45, 2.75) is 12.6 Å². The number of rotatable bonds is 4. The zero-order chi connectivity index (χ0) is 12.3. The molecule has 0 aliphatic carbocycles. The van der Waals surface area contributed by atoms with Crippen molar-refractivity contribution in [1.82, 2.24) is 0 Å². The second-order valence-corrected chi connectivity index (χ2v) is 4.36. The first-order chi connectivity index (χ1) is 7.47. The molecule has 0 spiro atoms. The third-order valence-electron chi connectivity index (χ3n) is 2.43. The Morgan fingerprint density at radius 2 is 2.00 bits per heavy atom. The molecule has 0 radical (unpaired) electrons. The van der Waals surface area contributed by atoms with Crippen LogP contribution in [0.3, 0.4) is 0 Å². The van der Waals surface area contributed by atoms with E-state index in [-0.39, 0.29) is 6.54 Å². The van der Waals surface area contributed by atoms with Crippen molar-refractivity contribution < 1.29 is 13.9 Å². The lowest BCUT2D eigenvalue weighted by molar-refractivity contribution is 0.196. The fraction of sp³-hybridized carbons (Fsp3) is 0.455. The summed E-state index contributed by atoms with van der Waals surface area (Å²) in [5, 5.41) is 0. The van der Waals surface area contributed by atoms with Crippen molar-refractivity contribution in [3.8, 4) is 11.5 Å². The van der Waals surface area contributed by atoms with Gasteiger partial charge in [0, 0.05) is 12.1 Å². The van der Waals surface area contributed by atoms with Gasteiger partial charge < -0.3 is 15.2 Å². The molecule has 5 heteroatoms. The van der Waals surface area contributed by atoms with Gasteiger partial charge in [0.25, 0.3) is 0 Å². The summed E-state index contributed by atoms with van der Waals surface area (Å²) in [6.07, 6.45) is 0. The van der Waals surface area contributed by atoms with Crippen molar-refractivity contribution in [2.75, 3.05) is 20.8 Å². The average molecular weight is 292 g/mol. The van der Waals surface area contributed by atoms with Crippen molar-refractivity contribution in [3.63, 3.8) is 0 Å². The SMILES string of the molecule is COc1ccc(C(C)(F)CN)c(OC)c1Br. The predicted molar refractivity (Wildman–Crippen MR) is 64.8 cm³/mol. The van der Waals surface area contributed by atoms with Crippen LogP contribution in [0.15, 0.2) is 16.6 Å². The van der Waals surface area contributed by atoms with E-state index in [0.29, 0.717) is 21.5 Å². The van der Waals surface area contributed by atoms with Crippen molar-refractivity contribution in [2.24, 2.45) is 5.73 Å². The van der Waals surface area contributed by atoms with Gasteiger partial charge in [-0.3, -0.25) is 0 Å². The summed E-state index contributed by atoms with van der Waals surface area (Å²) in [6.45, 7) is 1.31. The highest BCUT2D eigenvalue weighted by molar-refractivity contribution is 9.10. The van der Waals surface area contributed by atoms with E-state index < -0.39 is 5.67 Å². The molecule has 1 atom stereocenters. The number of benzene rings is 1. The zero-order valence-corrected chi connectivity index (χ0v) is 11.1. The van der Waals surface area contributed by atoms with E-state index >= 15 is 0 Å². The number of hydrogen-bond acceptors (Lipinski definition) is 3. The van der Waals surface area contributed by atoms with Gasteiger partial charge in [0.05, 0.1) is 14.2 Å². The minimum absolute atomic E-state index is 0.109. The summed E-state index contributed by atoms with van der Waals surface area (Å²) in [5.74, 6) is 1.00. The van der Waals surface area contributed by atoms with Crippen LogP contribution in [0.4, 0.5) is 4.39 Å². The van der Waals surface area contributed by atoms with Gasteiger partial charge in [-0.2, -0.15) is 0 Å². The van der Waals surface area contributed by atoms with E-state index in [2.05, 4.69) is 15.9 Å². The molecule has 0 aliphatic rings. The summed E-state index contributed by atoms with van der Waals surface area (Å²) in [4.78, 5) is 0. The van der Waals surface area contributed by atoms with Crippen LogP contribution >= 0.6 is 15.9 Å². The molecule has 16 heavy (non-hydrogen) atoms. The van der Waals surface area contributed by atoms with E-state index in [9.17, 15) is 4.39 Å². The lowest BCUT2D eigenvalue weighted by atomic mass is 9.97. The number of hydrogen-bond donors (Lipinski definition) is 1. The van der Waals surface area contributed by atoms with Crippen LogP contribution in [0, 0.1) is 0 Å². The number of nitrogens with two attached hydrogens (primary N) is 1. The topological polar surface area (TPSA) is 44.5 Å². The summed E-state index contributed by atoms with van der Waals surface area (Å²) in [7, 11) is 3.02. The molecule has 0 bridgehead atoms. The number of ether oxygens (including phenoxy) is 2. The monoisotopic (exact) mass is 291 g/mol. The molecule has 1 aromatic rings. The van der Waals surface area contributed by atoms with Gasteiger partial charge in [-0.05, 0) is 35.0 Å². The number of methoxy groups -OCH3 is 2. The van der Waals surface area contributed by atoms with Crippen LogP contribution < -0.4 is 15.2 Å². The molecule has 0 aromatic heterocycles. The Kier molecular flexibility index (Phi) is 4.15. The van der Waals surface area contributed by atoms with Gasteiger partial charge in [0.15, 0.2) is 0 Å². The molecule has 0 saturated carbocycles. The smallest absolute Gasteiger partial charge is 0.148 e. The second-order valence-electron chi connectivity index (χ2n) is 3.56. The molecule has 0 aliphatic heterocycles. The molecular weight excluding hydrogens is 277 g/mol. The molecule has 90 valence electrons. The Balaban J connectivity index is 3.37. The molecule has 1 rings (SSSR count).